The van der Waals surface area contributed by atoms with E-state index in [1.54, 1.807) is 37.3 Å². The Bertz CT molecular complexity index is 1110. The van der Waals surface area contributed by atoms with Gasteiger partial charge in [-0.2, -0.15) is 0 Å². The van der Waals surface area contributed by atoms with Crippen molar-refractivity contribution in [3.63, 3.8) is 0 Å². The second kappa shape index (κ2) is 9.07. The van der Waals surface area contributed by atoms with Crippen LogP contribution in [0.3, 0.4) is 0 Å². The van der Waals surface area contributed by atoms with Crippen molar-refractivity contribution >= 4 is 33.2 Å². The lowest BCUT2D eigenvalue weighted by Crippen LogP contribution is -2.32. The smallest absolute Gasteiger partial charge is 0.257 e. The van der Waals surface area contributed by atoms with Crippen molar-refractivity contribution in [1.29, 1.82) is 0 Å². The molecule has 0 spiro atoms. The third-order valence-electron chi connectivity index (χ3n) is 5.44. The van der Waals surface area contributed by atoms with E-state index < -0.39 is 21.8 Å². The zero-order valence-corrected chi connectivity index (χ0v) is 18.8. The summed E-state index contributed by atoms with van der Waals surface area (Å²) in [6.45, 7) is 3.36. The standard InChI is InChI=1S/C22H28N4O4S/c1-15-13-16(7-9-18(15)21(23)27)24-22(28)19-14-17(31(29,30)25(2)3)8-10-20(19)26-11-5-4-6-12-26/h7-10,13-14H,4-6,11-12H2,1-3H3,(H2,23,27)(H,24,28). The van der Waals surface area contributed by atoms with Gasteiger partial charge in [-0.15, -0.1) is 0 Å². The van der Waals surface area contributed by atoms with Gasteiger partial charge in [-0.25, -0.2) is 12.7 Å². The number of nitrogens with one attached hydrogen (secondary N) is 1. The summed E-state index contributed by atoms with van der Waals surface area (Å²) in [7, 11) is -0.782. The zero-order valence-electron chi connectivity index (χ0n) is 18.0. The molecule has 0 radical (unpaired) electrons. The Kier molecular flexibility index (Phi) is 6.66. The molecule has 3 rings (SSSR count). The van der Waals surface area contributed by atoms with Crippen molar-refractivity contribution in [1.82, 2.24) is 4.31 Å². The number of hydrogen-bond donors (Lipinski definition) is 2. The molecule has 2 aromatic rings. The van der Waals surface area contributed by atoms with Crippen molar-refractivity contribution in [3.05, 3.63) is 53.1 Å². The summed E-state index contributed by atoms with van der Waals surface area (Å²) in [5.74, 6) is -0.952. The number of benzene rings is 2. The van der Waals surface area contributed by atoms with Crippen LogP contribution >= 0.6 is 0 Å². The highest BCUT2D eigenvalue weighted by Gasteiger charge is 2.24. The molecule has 0 aliphatic carbocycles. The Labute approximate surface area is 183 Å². The fourth-order valence-corrected chi connectivity index (χ4v) is 4.62. The predicted molar refractivity (Wildman–Crippen MR) is 121 cm³/mol. The van der Waals surface area contributed by atoms with Gasteiger partial charge in [0.1, 0.15) is 0 Å². The van der Waals surface area contributed by atoms with Crippen LogP contribution in [0.2, 0.25) is 0 Å². The normalized spacial score (nSPS) is 14.5. The topological polar surface area (TPSA) is 113 Å². The summed E-state index contributed by atoms with van der Waals surface area (Å²) in [5.41, 5.74) is 7.87. The number of sulfonamides is 1. The van der Waals surface area contributed by atoms with Gasteiger partial charge in [0.15, 0.2) is 0 Å². The number of carbonyl (C=O) groups is 2. The summed E-state index contributed by atoms with van der Waals surface area (Å²) in [4.78, 5) is 26.8. The summed E-state index contributed by atoms with van der Waals surface area (Å²) in [6, 6.07) is 9.51. The van der Waals surface area contributed by atoms with Gasteiger partial charge in [-0.3, -0.25) is 9.59 Å². The van der Waals surface area contributed by atoms with Gasteiger partial charge in [-0.05, 0) is 68.1 Å². The zero-order chi connectivity index (χ0) is 22.8. The highest BCUT2D eigenvalue weighted by Crippen LogP contribution is 2.29. The SMILES string of the molecule is Cc1cc(NC(=O)c2cc(S(=O)(=O)N(C)C)ccc2N2CCCCC2)ccc1C(N)=O. The van der Waals surface area contributed by atoms with Crippen molar-refractivity contribution in [3.8, 4) is 0 Å². The van der Waals surface area contributed by atoms with Crippen LogP contribution in [0.25, 0.3) is 0 Å². The van der Waals surface area contributed by atoms with E-state index in [9.17, 15) is 18.0 Å². The number of aryl methyl sites for hydroxylation is 1. The van der Waals surface area contributed by atoms with Crippen molar-refractivity contribution in [2.24, 2.45) is 5.73 Å². The van der Waals surface area contributed by atoms with E-state index in [2.05, 4.69) is 10.2 Å². The van der Waals surface area contributed by atoms with Crippen LogP contribution in [0.1, 0.15) is 45.5 Å². The lowest BCUT2D eigenvalue weighted by Gasteiger charge is -2.30. The van der Waals surface area contributed by atoms with E-state index in [-0.39, 0.29) is 4.90 Å². The van der Waals surface area contributed by atoms with Gasteiger partial charge in [-0.1, -0.05) is 0 Å². The lowest BCUT2D eigenvalue weighted by molar-refractivity contribution is 0.0997. The maximum atomic E-state index is 13.2. The number of hydrogen-bond acceptors (Lipinski definition) is 5. The molecular weight excluding hydrogens is 416 g/mol. The highest BCUT2D eigenvalue weighted by molar-refractivity contribution is 7.89. The van der Waals surface area contributed by atoms with E-state index in [0.29, 0.717) is 28.1 Å². The van der Waals surface area contributed by atoms with E-state index in [4.69, 9.17) is 5.73 Å². The first-order chi connectivity index (χ1) is 14.6. The summed E-state index contributed by atoms with van der Waals surface area (Å²) < 4.78 is 26.4. The monoisotopic (exact) mass is 444 g/mol. The first kappa shape index (κ1) is 22.8. The van der Waals surface area contributed by atoms with Crippen LogP contribution in [0.15, 0.2) is 41.3 Å². The van der Waals surface area contributed by atoms with Gasteiger partial charge in [0.25, 0.3) is 5.91 Å². The molecule has 1 fully saturated rings. The number of nitrogens with zero attached hydrogens (tertiary/aromatic N) is 2. The first-order valence-corrected chi connectivity index (χ1v) is 11.6. The molecule has 0 saturated carbocycles. The third-order valence-corrected chi connectivity index (χ3v) is 7.25. The third kappa shape index (κ3) is 4.88. The van der Waals surface area contributed by atoms with Crippen molar-refractivity contribution in [2.75, 3.05) is 37.4 Å². The average Bonchev–Trinajstić information content (AvgIpc) is 2.73. The number of nitrogens with two attached hydrogens (primary N) is 1. The molecule has 31 heavy (non-hydrogen) atoms. The molecule has 2 amide bonds. The first-order valence-electron chi connectivity index (χ1n) is 10.1. The summed E-state index contributed by atoms with van der Waals surface area (Å²) in [5, 5.41) is 2.83. The van der Waals surface area contributed by atoms with Crippen LogP contribution < -0.4 is 16.0 Å². The number of amides is 2. The number of rotatable bonds is 6. The van der Waals surface area contributed by atoms with E-state index in [1.165, 1.54) is 20.2 Å². The Morgan fingerprint density at radius 1 is 1.00 bits per heavy atom. The quantitative estimate of drug-likeness (QED) is 0.711. The van der Waals surface area contributed by atoms with Crippen LogP contribution in [0, 0.1) is 6.92 Å². The van der Waals surface area contributed by atoms with E-state index >= 15 is 0 Å². The van der Waals surface area contributed by atoms with Gasteiger partial charge in [0.2, 0.25) is 15.9 Å². The average molecular weight is 445 g/mol. The minimum atomic E-state index is -3.69. The molecule has 1 aliphatic heterocycles. The molecule has 3 N–H and O–H groups in total. The number of carbonyl (C=O) groups excluding carboxylic acids is 2. The van der Waals surface area contributed by atoms with Gasteiger partial charge < -0.3 is 16.0 Å². The molecule has 166 valence electrons. The Morgan fingerprint density at radius 2 is 1.68 bits per heavy atom. The summed E-state index contributed by atoms with van der Waals surface area (Å²) in [6.07, 6.45) is 3.18. The predicted octanol–water partition coefficient (Wildman–Crippen LogP) is 2.59. The van der Waals surface area contributed by atoms with Crippen LogP contribution in [-0.2, 0) is 10.0 Å². The van der Waals surface area contributed by atoms with E-state index in [1.807, 2.05) is 0 Å². The molecule has 0 atom stereocenters. The second-order valence-corrected chi connectivity index (χ2v) is 10.0. The molecule has 0 unspecified atom stereocenters. The van der Waals surface area contributed by atoms with Gasteiger partial charge >= 0.3 is 0 Å². The van der Waals surface area contributed by atoms with Crippen molar-refractivity contribution < 1.29 is 18.0 Å². The van der Waals surface area contributed by atoms with Crippen LogP contribution in [-0.4, -0.2) is 51.7 Å². The molecule has 2 aromatic carbocycles. The maximum absolute atomic E-state index is 13.2. The molecule has 1 heterocycles. The van der Waals surface area contributed by atoms with Crippen molar-refractivity contribution in [2.45, 2.75) is 31.1 Å². The molecule has 1 saturated heterocycles. The molecule has 8 nitrogen and oxygen atoms in total. The van der Waals surface area contributed by atoms with Crippen LogP contribution in [0.4, 0.5) is 11.4 Å². The minimum Gasteiger partial charge on any atom is -0.371 e. The summed E-state index contributed by atoms with van der Waals surface area (Å²) >= 11 is 0. The Morgan fingerprint density at radius 3 is 2.26 bits per heavy atom. The second-order valence-electron chi connectivity index (χ2n) is 7.86. The fraction of sp³-hybridized carbons (Fsp3) is 0.364. The minimum absolute atomic E-state index is 0.0590. The molecule has 9 heteroatoms. The Balaban J connectivity index is 2.00. The number of piperidine rings is 1. The maximum Gasteiger partial charge on any atom is 0.257 e. The van der Waals surface area contributed by atoms with Gasteiger partial charge in [0, 0.05) is 44.1 Å². The molecule has 1 aliphatic rings. The largest absolute Gasteiger partial charge is 0.371 e. The number of anilines is 2. The number of primary amides is 1. The van der Waals surface area contributed by atoms with E-state index in [0.717, 1.165) is 36.7 Å². The molecule has 0 bridgehead atoms. The fourth-order valence-electron chi connectivity index (χ4n) is 3.70. The molecular formula is C22H28N4O4S. The van der Waals surface area contributed by atoms with Crippen LogP contribution in [0.5, 0.6) is 0 Å². The Hall–Kier alpha value is -2.91. The highest BCUT2D eigenvalue weighted by atomic mass is 32.2. The lowest BCUT2D eigenvalue weighted by atomic mass is 10.1. The van der Waals surface area contributed by atoms with Gasteiger partial charge in [0.05, 0.1) is 10.5 Å². The molecule has 0 aromatic heterocycles.